The van der Waals surface area contributed by atoms with Crippen LogP contribution in [0.5, 0.6) is 0 Å². The Morgan fingerprint density at radius 1 is 0.912 bits per heavy atom. The van der Waals surface area contributed by atoms with E-state index in [1.54, 1.807) is 49.9 Å². The molecule has 3 aromatic rings. The molecule has 0 aliphatic rings. The Morgan fingerprint density at radius 2 is 1.56 bits per heavy atom. The number of likely N-dealkylation sites (N-methyl/N-ethyl adjacent to an activating group) is 1. The van der Waals surface area contributed by atoms with Gasteiger partial charge in [0, 0.05) is 47.1 Å². The minimum absolute atomic E-state index is 0.0736. The van der Waals surface area contributed by atoms with Crippen molar-refractivity contribution in [2.45, 2.75) is 46.8 Å². The molecular formula is C26H32N4O4. The minimum Gasteiger partial charge on any atom is -0.444 e. The quantitative estimate of drug-likeness (QED) is 0.508. The van der Waals surface area contributed by atoms with Crippen molar-refractivity contribution < 1.29 is 19.1 Å². The Bertz CT molecular complexity index is 1170. The lowest BCUT2D eigenvalue weighted by molar-refractivity contribution is -0.131. The van der Waals surface area contributed by atoms with Gasteiger partial charge in [0.15, 0.2) is 0 Å². The number of nitrogens with one attached hydrogen (secondary N) is 2. The molecule has 1 heterocycles. The van der Waals surface area contributed by atoms with Crippen molar-refractivity contribution in [3.05, 3.63) is 60.3 Å². The van der Waals surface area contributed by atoms with Crippen molar-refractivity contribution in [2.75, 3.05) is 23.7 Å². The predicted octanol–water partition coefficient (Wildman–Crippen LogP) is 5.11. The van der Waals surface area contributed by atoms with E-state index in [-0.39, 0.29) is 18.4 Å². The average Bonchev–Trinajstić information content (AvgIpc) is 3.15. The molecule has 34 heavy (non-hydrogen) atoms. The molecule has 0 atom stereocenters. The van der Waals surface area contributed by atoms with Crippen LogP contribution in [0.4, 0.5) is 16.2 Å². The summed E-state index contributed by atoms with van der Waals surface area (Å²) in [5, 5.41) is 6.47. The van der Waals surface area contributed by atoms with Crippen LogP contribution < -0.4 is 10.6 Å². The topological polar surface area (TPSA) is 92.7 Å². The Labute approximate surface area is 199 Å². The summed E-state index contributed by atoms with van der Waals surface area (Å²) in [4.78, 5) is 38.8. The zero-order chi connectivity index (χ0) is 24.9. The van der Waals surface area contributed by atoms with E-state index in [9.17, 15) is 14.4 Å². The Kier molecular flexibility index (Phi) is 7.61. The molecule has 8 nitrogen and oxygen atoms in total. The highest BCUT2D eigenvalue weighted by molar-refractivity contribution is 6.05. The second-order valence-corrected chi connectivity index (χ2v) is 8.94. The van der Waals surface area contributed by atoms with Gasteiger partial charge in [-0.05, 0) is 83.1 Å². The summed E-state index contributed by atoms with van der Waals surface area (Å²) >= 11 is 0. The third-order valence-corrected chi connectivity index (χ3v) is 5.24. The minimum atomic E-state index is -0.590. The number of benzene rings is 2. The second kappa shape index (κ2) is 10.4. The second-order valence-electron chi connectivity index (χ2n) is 8.94. The summed E-state index contributed by atoms with van der Waals surface area (Å²) in [6.07, 6.45) is 1.33. The van der Waals surface area contributed by atoms with Gasteiger partial charge < -0.3 is 19.5 Å². The molecule has 2 N–H and O–H groups in total. The first-order chi connectivity index (χ1) is 16.1. The van der Waals surface area contributed by atoms with Crippen molar-refractivity contribution in [3.8, 4) is 0 Å². The van der Waals surface area contributed by atoms with Gasteiger partial charge >= 0.3 is 6.09 Å². The molecule has 0 saturated carbocycles. The van der Waals surface area contributed by atoms with E-state index in [1.165, 1.54) is 0 Å². The Morgan fingerprint density at radius 3 is 2.18 bits per heavy atom. The number of hydrogen-bond acceptors (Lipinski definition) is 4. The van der Waals surface area contributed by atoms with Gasteiger partial charge in [-0.15, -0.1) is 0 Å². The van der Waals surface area contributed by atoms with Crippen LogP contribution in [0.2, 0.25) is 0 Å². The molecule has 0 bridgehead atoms. The van der Waals surface area contributed by atoms with E-state index >= 15 is 0 Å². The zero-order valence-corrected chi connectivity index (χ0v) is 20.3. The van der Waals surface area contributed by atoms with Gasteiger partial charge in [0.25, 0.3) is 5.91 Å². The monoisotopic (exact) mass is 464 g/mol. The molecule has 0 aliphatic heterocycles. The van der Waals surface area contributed by atoms with Crippen LogP contribution in [0.15, 0.2) is 54.7 Å². The van der Waals surface area contributed by atoms with E-state index in [2.05, 4.69) is 10.6 Å². The van der Waals surface area contributed by atoms with Crippen molar-refractivity contribution in [1.82, 2.24) is 9.47 Å². The van der Waals surface area contributed by atoms with Crippen LogP contribution >= 0.6 is 0 Å². The van der Waals surface area contributed by atoms with Gasteiger partial charge in [0.05, 0.1) is 0 Å². The molecule has 8 heteroatoms. The number of hydrogen-bond donors (Lipinski definition) is 2. The van der Waals surface area contributed by atoms with Crippen molar-refractivity contribution in [1.29, 1.82) is 0 Å². The fraction of sp³-hybridized carbons (Fsp3) is 0.346. The third-order valence-electron chi connectivity index (χ3n) is 5.24. The highest BCUT2D eigenvalue weighted by Gasteiger charge is 2.16. The van der Waals surface area contributed by atoms with Crippen LogP contribution in [-0.4, -0.2) is 46.1 Å². The molecule has 0 saturated heterocycles. The summed E-state index contributed by atoms with van der Waals surface area (Å²) in [6.45, 7) is 10.9. The largest absolute Gasteiger partial charge is 0.444 e. The lowest BCUT2D eigenvalue weighted by Gasteiger charge is -2.19. The number of fused-ring (bicyclic) bond motifs is 1. The van der Waals surface area contributed by atoms with Gasteiger partial charge in [-0.3, -0.25) is 14.9 Å². The van der Waals surface area contributed by atoms with Crippen molar-refractivity contribution in [3.63, 3.8) is 0 Å². The first-order valence-electron chi connectivity index (χ1n) is 11.4. The number of rotatable bonds is 7. The predicted molar refractivity (Wildman–Crippen MR) is 134 cm³/mol. The van der Waals surface area contributed by atoms with E-state index in [0.717, 1.165) is 10.9 Å². The molecule has 0 fully saturated rings. The van der Waals surface area contributed by atoms with Crippen LogP contribution in [0.1, 0.15) is 45.0 Å². The number of nitrogens with zero attached hydrogens (tertiary/aromatic N) is 2. The molecule has 1 aromatic heterocycles. The van der Waals surface area contributed by atoms with E-state index in [4.69, 9.17) is 4.74 Å². The van der Waals surface area contributed by atoms with Crippen molar-refractivity contribution in [2.24, 2.45) is 0 Å². The summed E-state index contributed by atoms with van der Waals surface area (Å²) in [6, 6.07) is 14.1. The number of anilines is 2. The first-order valence-corrected chi connectivity index (χ1v) is 11.4. The standard InChI is InChI=1S/C26H32N4O4/c1-6-29(7-2)23(31)17-30-15-14-19-16-21(12-13-22(19)30)27-24(32)18-8-10-20(11-9-18)28-25(33)34-26(3,4)5/h8-16H,6-7,17H2,1-5H3,(H,27,32)(H,28,33). The van der Waals surface area contributed by atoms with Crippen LogP contribution in [-0.2, 0) is 16.1 Å². The number of amides is 3. The summed E-state index contributed by atoms with van der Waals surface area (Å²) in [7, 11) is 0. The normalized spacial score (nSPS) is 11.2. The molecule has 0 spiro atoms. The fourth-order valence-electron chi connectivity index (χ4n) is 3.57. The van der Waals surface area contributed by atoms with Crippen LogP contribution in [0.25, 0.3) is 10.9 Å². The van der Waals surface area contributed by atoms with Gasteiger partial charge in [-0.2, -0.15) is 0 Å². The van der Waals surface area contributed by atoms with Crippen molar-refractivity contribution >= 4 is 40.2 Å². The summed E-state index contributed by atoms with van der Waals surface area (Å²) in [5.41, 5.74) is 1.98. The number of ether oxygens (including phenoxy) is 1. The molecule has 0 unspecified atom stereocenters. The summed E-state index contributed by atoms with van der Waals surface area (Å²) in [5.74, 6) is -0.191. The van der Waals surface area contributed by atoms with Gasteiger partial charge in [0.2, 0.25) is 5.91 Å². The number of carbonyl (C=O) groups is 3. The van der Waals surface area contributed by atoms with Gasteiger partial charge in [-0.25, -0.2) is 4.79 Å². The van der Waals surface area contributed by atoms with E-state index in [0.29, 0.717) is 30.0 Å². The van der Waals surface area contributed by atoms with Crippen LogP contribution in [0.3, 0.4) is 0 Å². The molecular weight excluding hydrogens is 432 g/mol. The Hall–Kier alpha value is -3.81. The molecule has 0 aliphatic carbocycles. The third kappa shape index (κ3) is 6.37. The smallest absolute Gasteiger partial charge is 0.412 e. The molecule has 0 radical (unpaired) electrons. The van der Waals surface area contributed by atoms with Crippen LogP contribution in [0, 0.1) is 0 Å². The van der Waals surface area contributed by atoms with E-state index in [1.807, 2.05) is 48.9 Å². The molecule has 3 amide bonds. The molecule has 2 aromatic carbocycles. The van der Waals surface area contributed by atoms with E-state index < -0.39 is 11.7 Å². The number of aromatic nitrogens is 1. The Balaban J connectivity index is 1.64. The highest BCUT2D eigenvalue weighted by atomic mass is 16.6. The average molecular weight is 465 g/mol. The SMILES string of the molecule is CCN(CC)C(=O)Cn1ccc2cc(NC(=O)c3ccc(NC(=O)OC(C)(C)C)cc3)ccc21. The zero-order valence-electron chi connectivity index (χ0n) is 20.3. The lowest BCUT2D eigenvalue weighted by atomic mass is 10.1. The van der Waals surface area contributed by atoms with Gasteiger partial charge in [0.1, 0.15) is 12.1 Å². The fourth-order valence-corrected chi connectivity index (χ4v) is 3.57. The van der Waals surface area contributed by atoms with Gasteiger partial charge in [-0.1, -0.05) is 0 Å². The maximum atomic E-state index is 12.7. The first kappa shape index (κ1) is 24.8. The molecule has 3 rings (SSSR count). The summed E-state index contributed by atoms with van der Waals surface area (Å²) < 4.78 is 7.14. The lowest BCUT2D eigenvalue weighted by Crippen LogP contribution is -2.33. The maximum absolute atomic E-state index is 12.7. The molecule has 180 valence electrons. The number of carbonyl (C=O) groups excluding carboxylic acids is 3. The maximum Gasteiger partial charge on any atom is 0.412 e. The highest BCUT2D eigenvalue weighted by Crippen LogP contribution is 2.22.